The van der Waals surface area contributed by atoms with Crippen LogP contribution in [0.1, 0.15) is 23.5 Å². The second kappa shape index (κ2) is 6.12. The average Bonchev–Trinajstić information content (AvgIpc) is 2.99. The van der Waals surface area contributed by atoms with Gasteiger partial charge in [-0.05, 0) is 40.5 Å². The lowest BCUT2D eigenvalue weighted by Crippen LogP contribution is -2.59. The van der Waals surface area contributed by atoms with E-state index in [0.717, 1.165) is 6.42 Å². The quantitative estimate of drug-likeness (QED) is 0.905. The maximum absolute atomic E-state index is 12.6. The first-order valence-electron chi connectivity index (χ1n) is 9.46. The Bertz CT molecular complexity index is 867. The molecule has 5 nitrogen and oxygen atoms in total. The predicted octanol–water partition coefficient (Wildman–Crippen LogP) is 3.59. The van der Waals surface area contributed by atoms with Gasteiger partial charge < -0.3 is 14.7 Å². The van der Waals surface area contributed by atoms with Crippen LogP contribution in [-0.2, 0) is 9.53 Å². The number of carboxylic acid groups (broad SMARTS) is 1. The van der Waals surface area contributed by atoms with Gasteiger partial charge in [0.25, 0.3) is 0 Å². The molecule has 2 aliphatic heterocycles. The number of hydrogen-bond donors (Lipinski definition) is 1. The molecule has 2 saturated heterocycles. The molecule has 2 aromatic carbocycles. The Labute approximate surface area is 157 Å². The Morgan fingerprint density at radius 3 is 2.07 bits per heavy atom. The minimum Gasteiger partial charge on any atom is -0.481 e. The van der Waals surface area contributed by atoms with Gasteiger partial charge in [-0.25, -0.2) is 4.79 Å². The summed E-state index contributed by atoms with van der Waals surface area (Å²) in [5, 5.41) is 9.26. The van der Waals surface area contributed by atoms with Gasteiger partial charge in [0, 0.05) is 19.0 Å². The highest BCUT2D eigenvalue weighted by Gasteiger charge is 2.51. The zero-order valence-electron chi connectivity index (χ0n) is 14.9. The normalized spacial score (nSPS) is 25.3. The molecule has 2 aliphatic carbocycles. The number of aliphatic carboxylic acids is 1. The van der Waals surface area contributed by atoms with Crippen molar-refractivity contribution in [1.82, 2.24) is 4.90 Å². The number of fused-ring (bicyclic) bond motifs is 5. The standard InChI is InChI=1S/C22H21NO4/c24-21(25)20-13-9-14(20)11-23(10-13)22(26)27-12-19-17-7-3-1-5-15(17)16-6-2-4-8-18(16)19/h1-8,13-14,19-20H,9-12H2,(H,24,25). The fraction of sp³-hybridized carbons (Fsp3) is 0.364. The Kier molecular flexibility index (Phi) is 3.71. The maximum Gasteiger partial charge on any atom is 0.409 e. The van der Waals surface area contributed by atoms with Crippen molar-refractivity contribution in [1.29, 1.82) is 0 Å². The number of rotatable bonds is 3. The summed E-state index contributed by atoms with van der Waals surface area (Å²) in [5.41, 5.74) is 4.80. The number of carbonyl (C=O) groups excluding carboxylic acids is 1. The molecule has 2 bridgehead atoms. The Morgan fingerprint density at radius 2 is 1.52 bits per heavy atom. The molecule has 6 rings (SSSR count). The summed E-state index contributed by atoms with van der Waals surface area (Å²) >= 11 is 0. The van der Waals surface area contributed by atoms with Crippen LogP contribution in [0.2, 0.25) is 0 Å². The molecular weight excluding hydrogens is 342 g/mol. The average molecular weight is 363 g/mol. The summed E-state index contributed by atoms with van der Waals surface area (Å²) in [4.78, 5) is 25.5. The summed E-state index contributed by atoms with van der Waals surface area (Å²) in [5.74, 6) is -0.831. The van der Waals surface area contributed by atoms with Crippen molar-refractivity contribution in [3.63, 3.8) is 0 Å². The number of carbonyl (C=O) groups is 2. The highest BCUT2D eigenvalue weighted by Crippen LogP contribution is 2.46. The van der Waals surface area contributed by atoms with Crippen molar-refractivity contribution in [3.8, 4) is 11.1 Å². The fourth-order valence-electron chi connectivity index (χ4n) is 5.13. The van der Waals surface area contributed by atoms with E-state index in [9.17, 15) is 14.7 Å². The number of nitrogens with zero attached hydrogens (tertiary/aromatic N) is 1. The van der Waals surface area contributed by atoms with Gasteiger partial charge in [0.1, 0.15) is 6.61 Å². The largest absolute Gasteiger partial charge is 0.481 e. The minimum atomic E-state index is -0.733. The van der Waals surface area contributed by atoms with E-state index in [-0.39, 0.29) is 29.8 Å². The lowest BCUT2D eigenvalue weighted by molar-refractivity contribution is -0.158. The number of hydrogen-bond acceptors (Lipinski definition) is 3. The second-order valence-electron chi connectivity index (χ2n) is 7.83. The van der Waals surface area contributed by atoms with Crippen LogP contribution in [-0.4, -0.2) is 41.8 Å². The molecule has 1 saturated carbocycles. The molecule has 3 fully saturated rings. The maximum atomic E-state index is 12.6. The molecule has 1 N–H and O–H groups in total. The molecule has 0 radical (unpaired) electrons. The van der Waals surface area contributed by atoms with Crippen LogP contribution >= 0.6 is 0 Å². The topological polar surface area (TPSA) is 66.8 Å². The molecule has 2 aromatic rings. The first kappa shape index (κ1) is 16.4. The van der Waals surface area contributed by atoms with Crippen LogP contribution in [0.15, 0.2) is 48.5 Å². The lowest BCUT2D eigenvalue weighted by atomic mass is 9.62. The molecule has 0 aromatic heterocycles. The smallest absolute Gasteiger partial charge is 0.409 e. The first-order chi connectivity index (χ1) is 13.1. The van der Waals surface area contributed by atoms with Crippen LogP contribution in [0.4, 0.5) is 4.79 Å². The van der Waals surface area contributed by atoms with E-state index < -0.39 is 5.97 Å². The van der Waals surface area contributed by atoms with E-state index in [1.54, 1.807) is 4.90 Å². The number of ether oxygens (including phenoxy) is 1. The molecule has 2 unspecified atom stereocenters. The highest BCUT2D eigenvalue weighted by molar-refractivity contribution is 5.79. The Hall–Kier alpha value is -2.82. The molecule has 5 heteroatoms. The molecule has 138 valence electrons. The zero-order valence-corrected chi connectivity index (χ0v) is 14.9. The van der Waals surface area contributed by atoms with Gasteiger partial charge in [0.2, 0.25) is 0 Å². The SMILES string of the molecule is O=C(O)C1C2CC1CN(C(=O)OCC1c3ccccc3-c3ccccc31)C2. The molecule has 2 heterocycles. The van der Waals surface area contributed by atoms with Gasteiger partial charge in [-0.2, -0.15) is 0 Å². The summed E-state index contributed by atoms with van der Waals surface area (Å²) < 4.78 is 5.68. The fourth-order valence-corrected chi connectivity index (χ4v) is 5.13. The van der Waals surface area contributed by atoms with Gasteiger partial charge in [-0.3, -0.25) is 4.79 Å². The summed E-state index contributed by atoms with van der Waals surface area (Å²) in [6, 6.07) is 16.5. The molecule has 0 spiro atoms. The number of amides is 1. The van der Waals surface area contributed by atoms with Crippen molar-refractivity contribution in [2.24, 2.45) is 17.8 Å². The van der Waals surface area contributed by atoms with Crippen LogP contribution in [0, 0.1) is 17.8 Å². The second-order valence-corrected chi connectivity index (χ2v) is 7.83. The number of carboxylic acids is 1. The lowest BCUT2D eigenvalue weighted by Gasteiger charge is -2.51. The molecule has 2 atom stereocenters. The molecular formula is C22H21NO4. The van der Waals surface area contributed by atoms with E-state index >= 15 is 0 Å². The van der Waals surface area contributed by atoms with E-state index in [4.69, 9.17) is 4.74 Å². The first-order valence-corrected chi connectivity index (χ1v) is 9.46. The van der Waals surface area contributed by atoms with Gasteiger partial charge in [0.15, 0.2) is 0 Å². The number of piperidine rings is 2. The van der Waals surface area contributed by atoms with Crippen molar-refractivity contribution in [2.45, 2.75) is 12.3 Å². The highest BCUT2D eigenvalue weighted by atomic mass is 16.6. The van der Waals surface area contributed by atoms with Gasteiger partial charge in [-0.15, -0.1) is 0 Å². The van der Waals surface area contributed by atoms with Crippen LogP contribution in [0.25, 0.3) is 11.1 Å². The summed E-state index contributed by atoms with van der Waals surface area (Å²) in [6.45, 7) is 1.29. The van der Waals surface area contributed by atoms with Crippen LogP contribution < -0.4 is 0 Å². The third kappa shape index (κ3) is 2.52. The Balaban J connectivity index is 1.29. The number of benzene rings is 2. The summed E-state index contributed by atoms with van der Waals surface area (Å²) in [7, 11) is 0. The van der Waals surface area contributed by atoms with E-state index in [1.807, 2.05) is 24.3 Å². The monoisotopic (exact) mass is 363 g/mol. The predicted molar refractivity (Wildman–Crippen MR) is 99.4 cm³/mol. The van der Waals surface area contributed by atoms with E-state index in [2.05, 4.69) is 24.3 Å². The zero-order chi connectivity index (χ0) is 18.5. The molecule has 27 heavy (non-hydrogen) atoms. The van der Waals surface area contributed by atoms with Crippen LogP contribution in [0.3, 0.4) is 0 Å². The third-order valence-corrected chi connectivity index (χ3v) is 6.41. The Morgan fingerprint density at radius 1 is 0.963 bits per heavy atom. The third-order valence-electron chi connectivity index (χ3n) is 6.41. The van der Waals surface area contributed by atoms with Crippen molar-refractivity contribution in [3.05, 3.63) is 59.7 Å². The van der Waals surface area contributed by atoms with E-state index in [0.29, 0.717) is 19.7 Å². The van der Waals surface area contributed by atoms with Gasteiger partial charge >= 0.3 is 12.1 Å². The molecule has 1 amide bonds. The van der Waals surface area contributed by atoms with Crippen molar-refractivity contribution >= 4 is 12.1 Å². The van der Waals surface area contributed by atoms with Crippen molar-refractivity contribution in [2.75, 3.05) is 19.7 Å². The van der Waals surface area contributed by atoms with Gasteiger partial charge in [0.05, 0.1) is 5.92 Å². The van der Waals surface area contributed by atoms with Gasteiger partial charge in [-0.1, -0.05) is 48.5 Å². The molecule has 4 aliphatic rings. The van der Waals surface area contributed by atoms with E-state index in [1.165, 1.54) is 22.3 Å². The summed E-state index contributed by atoms with van der Waals surface area (Å²) in [6.07, 6.45) is 0.583. The van der Waals surface area contributed by atoms with Crippen molar-refractivity contribution < 1.29 is 19.4 Å². The van der Waals surface area contributed by atoms with Crippen LogP contribution in [0.5, 0.6) is 0 Å². The minimum absolute atomic E-state index is 0.0486.